The molecule has 0 spiro atoms. The van der Waals surface area contributed by atoms with E-state index in [2.05, 4.69) is 5.32 Å². The molecule has 0 radical (unpaired) electrons. The van der Waals surface area contributed by atoms with Gasteiger partial charge in [-0.15, -0.1) is 11.8 Å². The van der Waals surface area contributed by atoms with Gasteiger partial charge in [-0.1, -0.05) is 12.1 Å². The number of amides is 3. The van der Waals surface area contributed by atoms with Crippen molar-refractivity contribution in [3.05, 3.63) is 65.0 Å². The quantitative estimate of drug-likeness (QED) is 0.407. The highest BCUT2D eigenvalue weighted by Crippen LogP contribution is 2.25. The Morgan fingerprint density at radius 2 is 1.68 bits per heavy atom. The van der Waals surface area contributed by atoms with Gasteiger partial charge < -0.3 is 25.6 Å². The van der Waals surface area contributed by atoms with Crippen LogP contribution in [0.2, 0.25) is 0 Å². The van der Waals surface area contributed by atoms with Crippen molar-refractivity contribution < 1.29 is 32.3 Å². The number of nitrogens with two attached hydrogens (primary N) is 1. The normalized spacial score (nSPS) is 17.9. The summed E-state index contributed by atoms with van der Waals surface area (Å²) in [4.78, 5) is 41.2. The standard InChI is InChI=1S/C27H31F3N4O4S2/c28-21-14-23(30)22(29)12-18(21)11-19(31)13-24(35)34-7-10-40-27(34)26(37)32-15-17-1-3-20(4-2-17)38-16-25(36)33-5-8-39-9-6-33/h1-4,12,14,19,27H,5-11,13,15-16,31H2,(H,32,37)/t19-,27?/m1/s1. The number of rotatable bonds is 10. The van der Waals surface area contributed by atoms with Gasteiger partial charge in [0, 0.05) is 62.0 Å². The smallest absolute Gasteiger partial charge is 0.260 e. The lowest BCUT2D eigenvalue weighted by Crippen LogP contribution is -2.46. The van der Waals surface area contributed by atoms with Gasteiger partial charge in [-0.2, -0.15) is 11.8 Å². The number of carbonyl (C=O) groups excluding carboxylic acids is 3. The first kappa shape index (κ1) is 30.1. The van der Waals surface area contributed by atoms with Gasteiger partial charge in [0.15, 0.2) is 23.6 Å². The van der Waals surface area contributed by atoms with Crippen LogP contribution in [-0.2, 0) is 27.3 Å². The number of hydrogen-bond acceptors (Lipinski definition) is 7. The molecular formula is C27H31F3N4O4S2. The summed E-state index contributed by atoms with van der Waals surface area (Å²) in [5, 5.41) is 2.10. The summed E-state index contributed by atoms with van der Waals surface area (Å²) in [5.74, 6) is -1.16. The van der Waals surface area contributed by atoms with Crippen molar-refractivity contribution in [3.8, 4) is 5.75 Å². The number of nitrogens with zero attached hydrogens (tertiary/aromatic N) is 2. The minimum Gasteiger partial charge on any atom is -0.484 e. The summed E-state index contributed by atoms with van der Waals surface area (Å²) < 4.78 is 46.2. The number of thioether (sulfide) groups is 2. The van der Waals surface area contributed by atoms with Gasteiger partial charge in [-0.3, -0.25) is 14.4 Å². The SMILES string of the molecule is N[C@@H](CC(=O)N1CCSC1C(=O)NCc1ccc(OCC(=O)N2CCSCC2)cc1)Cc1cc(F)c(F)cc1F. The van der Waals surface area contributed by atoms with Crippen LogP contribution < -0.4 is 15.8 Å². The van der Waals surface area contributed by atoms with Gasteiger partial charge in [0.1, 0.15) is 11.6 Å². The maximum atomic E-state index is 13.9. The van der Waals surface area contributed by atoms with E-state index >= 15 is 0 Å². The molecule has 0 aromatic heterocycles. The predicted molar refractivity (Wildman–Crippen MR) is 148 cm³/mol. The highest BCUT2D eigenvalue weighted by atomic mass is 32.2. The summed E-state index contributed by atoms with van der Waals surface area (Å²) in [6.07, 6.45) is -0.332. The molecule has 216 valence electrons. The van der Waals surface area contributed by atoms with E-state index in [1.54, 1.807) is 29.2 Å². The molecule has 40 heavy (non-hydrogen) atoms. The highest BCUT2D eigenvalue weighted by Gasteiger charge is 2.35. The number of carbonyl (C=O) groups is 3. The highest BCUT2D eigenvalue weighted by molar-refractivity contribution is 8.00. The van der Waals surface area contributed by atoms with Crippen LogP contribution in [0.15, 0.2) is 36.4 Å². The van der Waals surface area contributed by atoms with Crippen LogP contribution in [0.1, 0.15) is 17.5 Å². The van der Waals surface area contributed by atoms with Crippen molar-refractivity contribution in [1.82, 2.24) is 15.1 Å². The molecular weight excluding hydrogens is 565 g/mol. The van der Waals surface area contributed by atoms with Gasteiger partial charge in [0.2, 0.25) is 5.91 Å². The van der Waals surface area contributed by atoms with Gasteiger partial charge >= 0.3 is 0 Å². The van der Waals surface area contributed by atoms with E-state index < -0.39 is 28.9 Å². The Labute approximate surface area is 239 Å². The van der Waals surface area contributed by atoms with Crippen LogP contribution >= 0.6 is 23.5 Å². The fourth-order valence-electron chi connectivity index (χ4n) is 4.39. The molecule has 2 aromatic rings. The Morgan fingerprint density at radius 3 is 2.40 bits per heavy atom. The van der Waals surface area contributed by atoms with Crippen LogP contribution in [-0.4, -0.2) is 82.4 Å². The summed E-state index contributed by atoms with van der Waals surface area (Å²) in [5.41, 5.74) is 6.70. The number of hydrogen-bond donors (Lipinski definition) is 2. The number of benzene rings is 2. The summed E-state index contributed by atoms with van der Waals surface area (Å²) in [6, 6.07) is 7.41. The lowest BCUT2D eigenvalue weighted by molar-refractivity contribution is -0.136. The van der Waals surface area contributed by atoms with E-state index in [-0.39, 0.29) is 49.3 Å². The van der Waals surface area contributed by atoms with E-state index in [0.29, 0.717) is 24.1 Å². The van der Waals surface area contributed by atoms with Crippen molar-refractivity contribution in [1.29, 1.82) is 0 Å². The molecule has 4 rings (SSSR count). The zero-order chi connectivity index (χ0) is 28.6. The zero-order valence-electron chi connectivity index (χ0n) is 21.7. The van der Waals surface area contributed by atoms with Crippen molar-refractivity contribution in [2.45, 2.75) is 30.8 Å². The molecule has 13 heteroatoms. The molecule has 3 amide bonds. The third-order valence-corrected chi connectivity index (χ3v) is 8.71. The second-order valence-electron chi connectivity index (χ2n) is 9.48. The minimum absolute atomic E-state index is 0.0249. The molecule has 2 fully saturated rings. The summed E-state index contributed by atoms with van der Waals surface area (Å²) in [7, 11) is 0. The second kappa shape index (κ2) is 14.1. The van der Waals surface area contributed by atoms with E-state index in [1.165, 1.54) is 16.7 Å². The molecule has 0 bridgehead atoms. The van der Waals surface area contributed by atoms with Gasteiger partial charge in [0.05, 0.1) is 0 Å². The molecule has 0 aliphatic carbocycles. The van der Waals surface area contributed by atoms with Crippen molar-refractivity contribution >= 4 is 41.2 Å². The van der Waals surface area contributed by atoms with Gasteiger partial charge in [0.25, 0.3) is 11.8 Å². The molecule has 2 aliphatic rings. The first-order valence-electron chi connectivity index (χ1n) is 12.9. The third-order valence-electron chi connectivity index (χ3n) is 6.56. The average molecular weight is 597 g/mol. The Kier molecular flexibility index (Phi) is 10.6. The van der Waals surface area contributed by atoms with Crippen molar-refractivity contribution in [2.75, 3.05) is 43.5 Å². The molecule has 2 aliphatic heterocycles. The molecule has 3 N–H and O–H groups in total. The maximum Gasteiger partial charge on any atom is 0.260 e. The lowest BCUT2D eigenvalue weighted by atomic mass is 10.0. The maximum absolute atomic E-state index is 13.9. The summed E-state index contributed by atoms with van der Waals surface area (Å²) >= 11 is 3.16. The van der Waals surface area contributed by atoms with Crippen molar-refractivity contribution in [2.24, 2.45) is 5.73 Å². The third kappa shape index (κ3) is 8.07. The lowest BCUT2D eigenvalue weighted by Gasteiger charge is -2.26. The molecule has 2 atom stereocenters. The fourth-order valence-corrected chi connectivity index (χ4v) is 6.45. The molecule has 0 saturated carbocycles. The van der Waals surface area contributed by atoms with Crippen LogP contribution in [0.3, 0.4) is 0 Å². The van der Waals surface area contributed by atoms with Crippen molar-refractivity contribution in [3.63, 3.8) is 0 Å². The molecule has 2 heterocycles. The Balaban J connectivity index is 1.23. The molecule has 8 nitrogen and oxygen atoms in total. The molecule has 2 saturated heterocycles. The fraction of sp³-hybridized carbons (Fsp3) is 0.444. The van der Waals surface area contributed by atoms with Gasteiger partial charge in [-0.25, -0.2) is 13.2 Å². The van der Waals surface area contributed by atoms with Gasteiger partial charge in [-0.05, 0) is 35.7 Å². The zero-order valence-corrected chi connectivity index (χ0v) is 23.4. The average Bonchev–Trinajstić information content (AvgIpc) is 3.45. The Morgan fingerprint density at radius 1 is 0.975 bits per heavy atom. The number of nitrogens with one attached hydrogen (secondary N) is 1. The Bertz CT molecular complexity index is 1220. The topological polar surface area (TPSA) is 105 Å². The first-order valence-corrected chi connectivity index (χ1v) is 15.1. The van der Waals surface area contributed by atoms with E-state index in [9.17, 15) is 27.6 Å². The predicted octanol–water partition coefficient (Wildman–Crippen LogP) is 2.54. The second-order valence-corrected chi connectivity index (χ2v) is 11.9. The number of halogens is 3. The van der Waals surface area contributed by atoms with E-state index in [1.807, 2.05) is 11.8 Å². The minimum atomic E-state index is -1.29. The number of ether oxygens (including phenoxy) is 1. The van der Waals surface area contributed by atoms with Crippen LogP contribution in [0.5, 0.6) is 5.75 Å². The van der Waals surface area contributed by atoms with Crippen LogP contribution in [0.4, 0.5) is 13.2 Å². The summed E-state index contributed by atoms with van der Waals surface area (Å²) in [6.45, 7) is 2.03. The monoisotopic (exact) mass is 596 g/mol. The first-order chi connectivity index (χ1) is 19.2. The molecule has 2 aromatic carbocycles. The molecule has 1 unspecified atom stereocenters. The van der Waals surface area contributed by atoms with E-state index in [4.69, 9.17) is 10.5 Å². The van der Waals surface area contributed by atoms with Crippen LogP contribution in [0, 0.1) is 17.5 Å². The van der Waals surface area contributed by atoms with Crippen LogP contribution in [0.25, 0.3) is 0 Å². The largest absolute Gasteiger partial charge is 0.484 e. The van der Waals surface area contributed by atoms with E-state index in [0.717, 1.165) is 36.2 Å². The Hall–Kier alpha value is -2.90.